The minimum atomic E-state index is 0.454. The van der Waals surface area contributed by atoms with Crippen molar-refractivity contribution in [2.45, 2.75) is 0 Å². The molecule has 0 amide bonds. The zero-order valence-corrected chi connectivity index (χ0v) is 13.2. The Kier molecular flexibility index (Phi) is 3.72. The van der Waals surface area contributed by atoms with Gasteiger partial charge in [-0.2, -0.15) is 9.97 Å². The summed E-state index contributed by atoms with van der Waals surface area (Å²) in [6.07, 6.45) is 1.59. The number of nitrogens with one attached hydrogen (secondary N) is 3. The summed E-state index contributed by atoms with van der Waals surface area (Å²) in [6.45, 7) is 0. The predicted octanol–water partition coefficient (Wildman–Crippen LogP) is 4.49. The Labute approximate surface area is 142 Å². The molecule has 0 bridgehead atoms. The third kappa shape index (κ3) is 2.87. The van der Waals surface area contributed by atoms with Crippen molar-refractivity contribution in [2.75, 3.05) is 10.6 Å². The lowest BCUT2D eigenvalue weighted by Crippen LogP contribution is -2.02. The fourth-order valence-corrected chi connectivity index (χ4v) is 2.50. The number of fused-ring (bicyclic) bond motifs is 1. The van der Waals surface area contributed by atoms with E-state index in [-0.39, 0.29) is 0 Å². The Morgan fingerprint density at radius 1 is 0.875 bits per heavy atom. The van der Waals surface area contributed by atoms with E-state index in [0.29, 0.717) is 28.0 Å². The number of H-pyrrole nitrogens is 1. The number of hydrogen-bond donors (Lipinski definition) is 3. The summed E-state index contributed by atoms with van der Waals surface area (Å²) in [7, 11) is 0. The smallest absolute Gasteiger partial charge is 0.231 e. The first-order valence-electron chi connectivity index (χ1n) is 7.34. The van der Waals surface area contributed by atoms with E-state index in [1.165, 1.54) is 0 Å². The van der Waals surface area contributed by atoms with Crippen LogP contribution >= 0.6 is 11.6 Å². The first kappa shape index (κ1) is 14.5. The van der Waals surface area contributed by atoms with Gasteiger partial charge in [-0.3, -0.25) is 0 Å². The highest BCUT2D eigenvalue weighted by molar-refractivity contribution is 6.33. The zero-order valence-electron chi connectivity index (χ0n) is 12.5. The van der Waals surface area contributed by atoms with Crippen molar-refractivity contribution in [1.29, 1.82) is 0 Å². The molecule has 2 aromatic heterocycles. The summed E-state index contributed by atoms with van der Waals surface area (Å²) >= 11 is 6.22. The van der Waals surface area contributed by atoms with Crippen LogP contribution < -0.4 is 10.6 Å². The molecule has 6 nitrogen and oxygen atoms in total. The standard InChI is InChI=1S/C17H13ClN6/c18-12-8-4-5-9-13(12)22-16-14-15(20-10-19-14)23-17(24-16)21-11-6-2-1-3-7-11/h1-10H,(H3,19,20,21,22,23,24). The van der Waals surface area contributed by atoms with Gasteiger partial charge >= 0.3 is 0 Å². The summed E-state index contributed by atoms with van der Waals surface area (Å²) in [5, 5.41) is 7.02. The number of aromatic amines is 1. The monoisotopic (exact) mass is 336 g/mol. The summed E-state index contributed by atoms with van der Waals surface area (Å²) in [5.41, 5.74) is 2.95. The second-order valence-electron chi connectivity index (χ2n) is 5.09. The number of benzene rings is 2. The van der Waals surface area contributed by atoms with Gasteiger partial charge in [-0.05, 0) is 24.3 Å². The van der Waals surface area contributed by atoms with Gasteiger partial charge in [0.2, 0.25) is 5.95 Å². The molecule has 3 N–H and O–H groups in total. The Balaban J connectivity index is 1.74. The number of halogens is 1. The first-order valence-corrected chi connectivity index (χ1v) is 7.72. The quantitative estimate of drug-likeness (QED) is 0.511. The van der Waals surface area contributed by atoms with E-state index in [1.54, 1.807) is 6.33 Å². The molecule has 0 aliphatic rings. The predicted molar refractivity (Wildman–Crippen MR) is 96.1 cm³/mol. The molecule has 0 saturated heterocycles. The fraction of sp³-hybridized carbons (Fsp3) is 0. The molecule has 0 saturated carbocycles. The van der Waals surface area contributed by atoms with Gasteiger partial charge in [0.1, 0.15) is 5.52 Å². The van der Waals surface area contributed by atoms with Crippen LogP contribution in [0.4, 0.5) is 23.1 Å². The maximum absolute atomic E-state index is 6.22. The van der Waals surface area contributed by atoms with Crippen LogP contribution in [0.5, 0.6) is 0 Å². The van der Waals surface area contributed by atoms with Gasteiger partial charge in [-0.15, -0.1) is 0 Å². The van der Waals surface area contributed by atoms with Crippen molar-refractivity contribution >= 4 is 45.9 Å². The van der Waals surface area contributed by atoms with Gasteiger partial charge in [0.25, 0.3) is 0 Å². The SMILES string of the molecule is Clc1ccccc1Nc1nc(Nc2ccccc2)nc2nc[nH]c12. The first-order chi connectivity index (χ1) is 11.8. The van der Waals surface area contributed by atoms with Crippen LogP contribution in [0, 0.1) is 0 Å². The molecular weight excluding hydrogens is 324 g/mol. The van der Waals surface area contributed by atoms with Gasteiger partial charge in [-0.25, -0.2) is 4.98 Å². The number of imidazole rings is 1. The van der Waals surface area contributed by atoms with E-state index in [9.17, 15) is 0 Å². The summed E-state index contributed by atoms with van der Waals surface area (Å²) in [6, 6.07) is 17.2. The summed E-state index contributed by atoms with van der Waals surface area (Å²) in [4.78, 5) is 16.2. The molecule has 0 unspecified atom stereocenters. The van der Waals surface area contributed by atoms with Crippen LogP contribution in [0.15, 0.2) is 60.9 Å². The summed E-state index contributed by atoms with van der Waals surface area (Å²) in [5.74, 6) is 1.05. The van der Waals surface area contributed by atoms with E-state index < -0.39 is 0 Å². The van der Waals surface area contributed by atoms with Crippen molar-refractivity contribution in [3.8, 4) is 0 Å². The Morgan fingerprint density at radius 3 is 2.50 bits per heavy atom. The third-order valence-electron chi connectivity index (χ3n) is 3.44. The van der Waals surface area contributed by atoms with Crippen molar-refractivity contribution in [3.63, 3.8) is 0 Å². The number of nitrogens with zero attached hydrogens (tertiary/aromatic N) is 3. The Bertz CT molecular complexity index is 983. The van der Waals surface area contributed by atoms with E-state index >= 15 is 0 Å². The molecule has 2 aromatic carbocycles. The lowest BCUT2D eigenvalue weighted by molar-refractivity contribution is 1.19. The van der Waals surface area contributed by atoms with E-state index in [0.717, 1.165) is 11.4 Å². The van der Waals surface area contributed by atoms with Gasteiger partial charge < -0.3 is 15.6 Å². The number of para-hydroxylation sites is 2. The molecule has 4 rings (SSSR count). The Morgan fingerprint density at radius 2 is 1.67 bits per heavy atom. The zero-order chi connectivity index (χ0) is 16.4. The lowest BCUT2D eigenvalue weighted by atomic mass is 10.3. The molecule has 24 heavy (non-hydrogen) atoms. The molecule has 4 aromatic rings. The number of aromatic nitrogens is 4. The minimum Gasteiger partial charge on any atom is -0.340 e. The van der Waals surface area contributed by atoms with Gasteiger partial charge in [-0.1, -0.05) is 41.9 Å². The Hall–Kier alpha value is -3.12. The maximum atomic E-state index is 6.22. The molecule has 0 aliphatic carbocycles. The maximum Gasteiger partial charge on any atom is 0.231 e. The van der Waals surface area contributed by atoms with Crippen LogP contribution in [0.3, 0.4) is 0 Å². The second kappa shape index (κ2) is 6.17. The minimum absolute atomic E-state index is 0.454. The van der Waals surface area contributed by atoms with Crippen molar-refractivity contribution < 1.29 is 0 Å². The van der Waals surface area contributed by atoms with Gasteiger partial charge in [0.05, 0.1) is 17.0 Å². The highest BCUT2D eigenvalue weighted by Crippen LogP contribution is 2.28. The van der Waals surface area contributed by atoms with Crippen molar-refractivity contribution in [3.05, 3.63) is 65.9 Å². The molecule has 0 spiro atoms. The second-order valence-corrected chi connectivity index (χ2v) is 5.50. The molecule has 0 aliphatic heterocycles. The molecule has 118 valence electrons. The number of hydrogen-bond acceptors (Lipinski definition) is 5. The highest BCUT2D eigenvalue weighted by atomic mass is 35.5. The van der Waals surface area contributed by atoms with Crippen LogP contribution in [0.25, 0.3) is 11.2 Å². The van der Waals surface area contributed by atoms with E-state index in [4.69, 9.17) is 11.6 Å². The lowest BCUT2D eigenvalue weighted by Gasteiger charge is -2.10. The van der Waals surface area contributed by atoms with E-state index in [1.807, 2.05) is 54.6 Å². The fourth-order valence-electron chi connectivity index (χ4n) is 2.32. The van der Waals surface area contributed by atoms with Crippen LogP contribution in [0.2, 0.25) is 5.02 Å². The van der Waals surface area contributed by atoms with E-state index in [2.05, 4.69) is 30.6 Å². The average molecular weight is 337 g/mol. The van der Waals surface area contributed by atoms with Crippen LogP contribution in [-0.4, -0.2) is 19.9 Å². The third-order valence-corrected chi connectivity index (χ3v) is 3.77. The number of anilines is 4. The molecular formula is C17H13ClN6. The molecule has 0 fully saturated rings. The molecule has 0 atom stereocenters. The largest absolute Gasteiger partial charge is 0.340 e. The van der Waals surface area contributed by atoms with Crippen LogP contribution in [0.1, 0.15) is 0 Å². The van der Waals surface area contributed by atoms with Crippen molar-refractivity contribution in [1.82, 2.24) is 19.9 Å². The molecule has 2 heterocycles. The topological polar surface area (TPSA) is 78.5 Å². The van der Waals surface area contributed by atoms with Crippen LogP contribution in [-0.2, 0) is 0 Å². The van der Waals surface area contributed by atoms with Gasteiger partial charge in [0, 0.05) is 5.69 Å². The highest BCUT2D eigenvalue weighted by Gasteiger charge is 2.11. The molecule has 7 heteroatoms. The van der Waals surface area contributed by atoms with Gasteiger partial charge in [0.15, 0.2) is 11.5 Å². The number of rotatable bonds is 4. The van der Waals surface area contributed by atoms with Crippen molar-refractivity contribution in [2.24, 2.45) is 0 Å². The summed E-state index contributed by atoms with van der Waals surface area (Å²) < 4.78 is 0. The average Bonchev–Trinajstić information content (AvgIpc) is 3.07. The molecule has 0 radical (unpaired) electrons. The normalized spacial score (nSPS) is 10.7.